The van der Waals surface area contributed by atoms with Crippen LogP contribution in [0.5, 0.6) is 0 Å². The first-order valence-electron chi connectivity index (χ1n) is 5.63. The van der Waals surface area contributed by atoms with Gasteiger partial charge in [-0.15, -0.1) is 0 Å². The third-order valence-corrected chi connectivity index (χ3v) is 2.98. The van der Waals surface area contributed by atoms with Crippen LogP contribution in [-0.4, -0.2) is 17.1 Å². The maximum absolute atomic E-state index is 11.0. The van der Waals surface area contributed by atoms with E-state index in [1.807, 2.05) is 39.0 Å². The van der Waals surface area contributed by atoms with Crippen LogP contribution in [0.4, 0.5) is 0 Å². The number of aliphatic carboxylic acids is 1. The van der Waals surface area contributed by atoms with Crippen LogP contribution in [0.3, 0.4) is 0 Å². The van der Waals surface area contributed by atoms with Crippen LogP contribution >= 0.6 is 11.6 Å². The molecule has 0 heterocycles. The van der Waals surface area contributed by atoms with Crippen molar-refractivity contribution in [2.45, 2.75) is 33.4 Å². The zero-order valence-electron chi connectivity index (χ0n) is 10.3. The maximum Gasteiger partial charge on any atom is 0.320 e. The summed E-state index contributed by atoms with van der Waals surface area (Å²) >= 11 is 5.87. The van der Waals surface area contributed by atoms with Gasteiger partial charge in [0.05, 0.1) is 0 Å². The van der Waals surface area contributed by atoms with E-state index >= 15 is 0 Å². The second-order valence-corrected chi connectivity index (χ2v) is 4.95. The van der Waals surface area contributed by atoms with Crippen molar-refractivity contribution in [3.05, 3.63) is 34.3 Å². The number of hydrogen-bond donors (Lipinski definition) is 2. The van der Waals surface area contributed by atoms with Gasteiger partial charge in [-0.05, 0) is 36.1 Å². The minimum atomic E-state index is -0.813. The van der Waals surface area contributed by atoms with E-state index in [4.69, 9.17) is 16.7 Å². The monoisotopic (exact) mass is 255 g/mol. The molecule has 0 aliphatic heterocycles. The smallest absolute Gasteiger partial charge is 0.320 e. The van der Waals surface area contributed by atoms with Gasteiger partial charge in [-0.1, -0.05) is 31.5 Å². The minimum Gasteiger partial charge on any atom is -0.480 e. The standard InChI is InChI=1S/C13H18ClNO2/c1-8(2)12(13(16)17)15-7-10-4-5-11(14)6-9(10)3/h4-6,8,12,15H,7H2,1-3H3,(H,16,17). The molecule has 0 aliphatic carbocycles. The molecule has 2 N–H and O–H groups in total. The Hall–Kier alpha value is -1.06. The highest BCUT2D eigenvalue weighted by molar-refractivity contribution is 6.30. The highest BCUT2D eigenvalue weighted by Crippen LogP contribution is 2.15. The Morgan fingerprint density at radius 3 is 2.59 bits per heavy atom. The Morgan fingerprint density at radius 1 is 1.47 bits per heavy atom. The normalized spacial score (nSPS) is 12.8. The highest BCUT2D eigenvalue weighted by atomic mass is 35.5. The van der Waals surface area contributed by atoms with Crippen LogP contribution in [0, 0.1) is 12.8 Å². The van der Waals surface area contributed by atoms with Crippen molar-refractivity contribution in [1.82, 2.24) is 5.32 Å². The number of rotatable bonds is 5. The number of carboxylic acids is 1. The number of carbonyl (C=O) groups is 1. The van der Waals surface area contributed by atoms with Crippen LogP contribution in [-0.2, 0) is 11.3 Å². The van der Waals surface area contributed by atoms with Gasteiger partial charge in [0, 0.05) is 11.6 Å². The van der Waals surface area contributed by atoms with Gasteiger partial charge in [-0.25, -0.2) is 0 Å². The summed E-state index contributed by atoms with van der Waals surface area (Å²) in [5.74, 6) is -0.758. The minimum absolute atomic E-state index is 0.0557. The Morgan fingerprint density at radius 2 is 2.12 bits per heavy atom. The van der Waals surface area contributed by atoms with Crippen LogP contribution in [0.15, 0.2) is 18.2 Å². The fraction of sp³-hybridized carbons (Fsp3) is 0.462. The molecule has 0 radical (unpaired) electrons. The van der Waals surface area contributed by atoms with E-state index in [9.17, 15) is 4.79 Å². The molecule has 1 aromatic carbocycles. The summed E-state index contributed by atoms with van der Waals surface area (Å²) in [5.41, 5.74) is 2.14. The van der Waals surface area contributed by atoms with Gasteiger partial charge in [0.25, 0.3) is 0 Å². The third-order valence-electron chi connectivity index (χ3n) is 2.75. The molecule has 0 bridgehead atoms. The Kier molecular flexibility index (Phi) is 4.97. The van der Waals surface area contributed by atoms with E-state index in [1.165, 1.54) is 0 Å². The van der Waals surface area contributed by atoms with Gasteiger partial charge in [-0.2, -0.15) is 0 Å². The molecule has 17 heavy (non-hydrogen) atoms. The lowest BCUT2D eigenvalue weighted by Gasteiger charge is -2.18. The molecule has 0 saturated heterocycles. The van der Waals surface area contributed by atoms with E-state index < -0.39 is 12.0 Å². The van der Waals surface area contributed by atoms with Gasteiger partial charge < -0.3 is 10.4 Å². The van der Waals surface area contributed by atoms with E-state index in [-0.39, 0.29) is 5.92 Å². The molecule has 0 amide bonds. The number of hydrogen-bond acceptors (Lipinski definition) is 2. The summed E-state index contributed by atoms with van der Waals surface area (Å²) in [6.07, 6.45) is 0. The summed E-state index contributed by atoms with van der Waals surface area (Å²) in [4.78, 5) is 11.0. The second kappa shape index (κ2) is 6.03. The van der Waals surface area contributed by atoms with Crippen molar-refractivity contribution < 1.29 is 9.90 Å². The van der Waals surface area contributed by atoms with Crippen molar-refractivity contribution in [2.75, 3.05) is 0 Å². The summed E-state index contributed by atoms with van der Waals surface area (Å²) in [7, 11) is 0. The summed E-state index contributed by atoms with van der Waals surface area (Å²) in [6.45, 7) is 6.28. The van der Waals surface area contributed by atoms with Gasteiger partial charge in [-0.3, -0.25) is 4.79 Å². The zero-order valence-corrected chi connectivity index (χ0v) is 11.1. The average molecular weight is 256 g/mol. The molecule has 0 fully saturated rings. The Labute approximate surface area is 107 Å². The second-order valence-electron chi connectivity index (χ2n) is 4.51. The Bertz CT molecular complexity index is 404. The van der Waals surface area contributed by atoms with E-state index in [2.05, 4.69) is 5.32 Å². The largest absolute Gasteiger partial charge is 0.480 e. The van der Waals surface area contributed by atoms with E-state index in [1.54, 1.807) is 0 Å². The molecule has 0 aliphatic rings. The highest BCUT2D eigenvalue weighted by Gasteiger charge is 2.20. The molecule has 4 heteroatoms. The van der Waals surface area contributed by atoms with E-state index in [0.717, 1.165) is 11.1 Å². The van der Waals surface area contributed by atoms with Gasteiger partial charge in [0.1, 0.15) is 6.04 Å². The first-order chi connectivity index (χ1) is 7.91. The topological polar surface area (TPSA) is 49.3 Å². The number of carboxylic acid groups (broad SMARTS) is 1. The van der Waals surface area contributed by atoms with Crippen molar-refractivity contribution in [3.8, 4) is 0 Å². The lowest BCUT2D eigenvalue weighted by molar-refractivity contribution is -0.140. The molecule has 0 aromatic heterocycles. The van der Waals surface area contributed by atoms with Crippen LogP contribution in [0.1, 0.15) is 25.0 Å². The van der Waals surface area contributed by atoms with Crippen molar-refractivity contribution in [3.63, 3.8) is 0 Å². The van der Waals surface area contributed by atoms with E-state index in [0.29, 0.717) is 11.6 Å². The van der Waals surface area contributed by atoms with Crippen molar-refractivity contribution in [1.29, 1.82) is 0 Å². The maximum atomic E-state index is 11.0. The quantitative estimate of drug-likeness (QED) is 0.851. The van der Waals surface area contributed by atoms with Crippen LogP contribution in [0.2, 0.25) is 5.02 Å². The van der Waals surface area contributed by atoms with Crippen LogP contribution < -0.4 is 5.32 Å². The lowest BCUT2D eigenvalue weighted by atomic mass is 10.0. The molecule has 3 nitrogen and oxygen atoms in total. The molecule has 1 aromatic rings. The molecular formula is C13H18ClNO2. The molecule has 1 rings (SSSR count). The first kappa shape index (κ1) is 14.0. The molecule has 1 unspecified atom stereocenters. The third kappa shape index (κ3) is 4.02. The lowest BCUT2D eigenvalue weighted by Crippen LogP contribution is -2.40. The SMILES string of the molecule is Cc1cc(Cl)ccc1CNC(C(=O)O)C(C)C. The predicted molar refractivity (Wildman–Crippen MR) is 69.3 cm³/mol. The zero-order chi connectivity index (χ0) is 13.0. The predicted octanol–water partition coefficient (Wildman–Crippen LogP) is 2.85. The fourth-order valence-corrected chi connectivity index (χ4v) is 1.91. The van der Waals surface area contributed by atoms with Gasteiger partial charge in [0.2, 0.25) is 0 Å². The number of halogens is 1. The molecule has 0 spiro atoms. The van der Waals surface area contributed by atoms with Crippen molar-refractivity contribution in [2.24, 2.45) is 5.92 Å². The molecular weight excluding hydrogens is 238 g/mol. The summed E-state index contributed by atoms with van der Waals surface area (Å²) < 4.78 is 0. The number of nitrogens with one attached hydrogen (secondary N) is 1. The van der Waals surface area contributed by atoms with Crippen molar-refractivity contribution >= 4 is 17.6 Å². The number of aryl methyl sites for hydroxylation is 1. The average Bonchev–Trinajstić information content (AvgIpc) is 2.20. The van der Waals surface area contributed by atoms with Gasteiger partial charge in [0.15, 0.2) is 0 Å². The number of benzene rings is 1. The molecule has 1 atom stereocenters. The van der Waals surface area contributed by atoms with Gasteiger partial charge >= 0.3 is 5.97 Å². The fourth-order valence-electron chi connectivity index (χ4n) is 1.69. The Balaban J connectivity index is 2.69. The molecule has 94 valence electrons. The molecule has 0 saturated carbocycles. The summed E-state index contributed by atoms with van der Waals surface area (Å²) in [5, 5.41) is 12.8. The van der Waals surface area contributed by atoms with Crippen LogP contribution in [0.25, 0.3) is 0 Å². The summed E-state index contributed by atoms with van der Waals surface area (Å²) in [6, 6.07) is 5.09. The first-order valence-corrected chi connectivity index (χ1v) is 6.01.